The highest BCUT2D eigenvalue weighted by Crippen LogP contribution is 2.38. The van der Waals surface area contributed by atoms with Gasteiger partial charge in [0.15, 0.2) is 0 Å². The van der Waals surface area contributed by atoms with E-state index in [1.807, 2.05) is 0 Å². The molecular formula is C7H8O3P. The van der Waals surface area contributed by atoms with Crippen LogP contribution in [0.2, 0.25) is 0 Å². The normalized spacial score (nSPS) is 15.8. The molecule has 1 radical (unpaired) electrons. The molecule has 1 N–H and O–H groups in total. The Morgan fingerprint density at radius 2 is 2.36 bits per heavy atom. The summed E-state index contributed by atoms with van der Waals surface area (Å²) >= 11 is 0. The highest BCUT2D eigenvalue weighted by Gasteiger charge is 2.19. The van der Waals surface area contributed by atoms with Crippen LogP contribution in [0.25, 0.3) is 0 Å². The van der Waals surface area contributed by atoms with Crippen molar-refractivity contribution in [1.82, 2.24) is 0 Å². The van der Waals surface area contributed by atoms with Crippen LogP contribution in [0.1, 0.15) is 0 Å². The van der Waals surface area contributed by atoms with Crippen molar-refractivity contribution in [3.63, 3.8) is 0 Å². The van der Waals surface area contributed by atoms with Crippen LogP contribution in [-0.4, -0.2) is 12.0 Å². The van der Waals surface area contributed by atoms with E-state index in [2.05, 4.69) is 10.6 Å². The van der Waals surface area contributed by atoms with Gasteiger partial charge in [0.05, 0.1) is 5.30 Å². The van der Waals surface area contributed by atoms with E-state index in [4.69, 9.17) is 4.89 Å². The molecule has 1 rings (SSSR count). The fraction of sp³-hybridized carbons (Fsp3) is 0.143. The molecule has 0 aliphatic rings. The summed E-state index contributed by atoms with van der Waals surface area (Å²) in [6, 6.07) is 9.07. The Morgan fingerprint density at radius 3 is 2.82 bits per heavy atom. The summed E-state index contributed by atoms with van der Waals surface area (Å²) in [5.41, 5.74) is 0. The second kappa shape index (κ2) is 3.18. The molecule has 1 aromatic carbocycles. The van der Waals surface area contributed by atoms with Crippen molar-refractivity contribution in [2.24, 2.45) is 0 Å². The molecule has 59 valence electrons. The molecule has 0 saturated carbocycles. The molecule has 0 heterocycles. The van der Waals surface area contributed by atoms with Crippen LogP contribution in [-0.2, 0) is 9.09 Å². The first-order chi connectivity index (χ1) is 5.17. The van der Waals surface area contributed by atoms with Gasteiger partial charge in [0, 0.05) is 7.11 Å². The van der Waals surface area contributed by atoms with Gasteiger partial charge in [-0.25, -0.2) is 0 Å². The molecule has 0 aromatic heterocycles. The summed E-state index contributed by atoms with van der Waals surface area (Å²) in [5, 5.41) is 0.197. The predicted molar refractivity (Wildman–Crippen MR) is 41.7 cm³/mol. The largest absolute Gasteiger partial charge is 0.359 e. The topological polar surface area (TPSA) is 46.5 Å². The summed E-state index contributed by atoms with van der Waals surface area (Å²) in [6.07, 6.45) is 0. The number of hydrogen-bond acceptors (Lipinski definition) is 2. The number of hydrogen-bond donors (Lipinski definition) is 1. The first kappa shape index (κ1) is 8.47. The lowest BCUT2D eigenvalue weighted by molar-refractivity contribution is 0.328. The summed E-state index contributed by atoms with van der Waals surface area (Å²) in [7, 11) is -2.39. The van der Waals surface area contributed by atoms with Gasteiger partial charge in [0.25, 0.3) is 0 Å². The lowest BCUT2D eigenvalue weighted by atomic mass is 10.4. The SMILES string of the molecule is COP(=O)(O)c1[c]cccc1. The third-order valence-electron chi connectivity index (χ3n) is 1.24. The lowest BCUT2D eigenvalue weighted by Gasteiger charge is -2.06. The van der Waals surface area contributed by atoms with Gasteiger partial charge in [-0.15, -0.1) is 0 Å². The lowest BCUT2D eigenvalue weighted by Crippen LogP contribution is -2.04. The Bertz CT molecular complexity index is 270. The first-order valence-electron chi connectivity index (χ1n) is 3.02. The molecule has 0 amide bonds. The second-order valence-electron chi connectivity index (χ2n) is 1.95. The average molecular weight is 171 g/mol. The Labute approximate surface area is 65.2 Å². The van der Waals surface area contributed by atoms with Gasteiger partial charge in [0.1, 0.15) is 0 Å². The molecule has 0 fully saturated rings. The van der Waals surface area contributed by atoms with Crippen molar-refractivity contribution in [3.05, 3.63) is 30.3 Å². The first-order valence-corrected chi connectivity index (χ1v) is 4.60. The average Bonchev–Trinajstić information content (AvgIpc) is 2.06. The van der Waals surface area contributed by atoms with Gasteiger partial charge in [-0.3, -0.25) is 4.57 Å². The smallest absolute Gasteiger partial charge is 0.321 e. The van der Waals surface area contributed by atoms with Crippen LogP contribution < -0.4 is 5.30 Å². The van der Waals surface area contributed by atoms with Gasteiger partial charge < -0.3 is 9.42 Å². The Morgan fingerprint density at radius 1 is 1.64 bits per heavy atom. The summed E-state index contributed by atoms with van der Waals surface area (Å²) in [4.78, 5) is 9.10. The summed E-state index contributed by atoms with van der Waals surface area (Å²) in [6.45, 7) is 0. The number of benzene rings is 1. The van der Waals surface area contributed by atoms with Gasteiger partial charge in [0.2, 0.25) is 0 Å². The molecule has 4 heteroatoms. The van der Waals surface area contributed by atoms with Gasteiger partial charge in [-0.2, -0.15) is 0 Å². The molecule has 1 aromatic rings. The van der Waals surface area contributed by atoms with E-state index < -0.39 is 7.60 Å². The molecule has 3 nitrogen and oxygen atoms in total. The highest BCUT2D eigenvalue weighted by atomic mass is 31.2. The van der Waals surface area contributed by atoms with E-state index in [9.17, 15) is 4.57 Å². The minimum atomic E-state index is -3.58. The van der Waals surface area contributed by atoms with Crippen molar-refractivity contribution in [2.75, 3.05) is 7.11 Å². The summed E-state index contributed by atoms with van der Waals surface area (Å²) < 4.78 is 15.5. The van der Waals surface area contributed by atoms with Crippen LogP contribution in [0, 0.1) is 6.07 Å². The third kappa shape index (κ3) is 1.90. The Kier molecular flexibility index (Phi) is 2.45. The van der Waals surface area contributed by atoms with Crippen molar-refractivity contribution >= 4 is 12.9 Å². The molecule has 1 unspecified atom stereocenters. The van der Waals surface area contributed by atoms with E-state index >= 15 is 0 Å². The molecule has 0 saturated heterocycles. The molecule has 0 aliphatic carbocycles. The standard InChI is InChI=1S/C7H8O3P/c1-10-11(8,9)7-5-3-2-4-6-7/h2-5H,1H3,(H,8,9). The Balaban J connectivity index is 3.03. The van der Waals surface area contributed by atoms with Crippen molar-refractivity contribution in [1.29, 1.82) is 0 Å². The third-order valence-corrected chi connectivity index (χ3v) is 2.63. The number of rotatable bonds is 2. The fourth-order valence-corrected chi connectivity index (χ4v) is 1.37. The maximum atomic E-state index is 11.1. The molecule has 0 aliphatic heterocycles. The van der Waals surface area contributed by atoms with Crippen LogP contribution >= 0.6 is 7.60 Å². The van der Waals surface area contributed by atoms with Gasteiger partial charge >= 0.3 is 7.60 Å². The van der Waals surface area contributed by atoms with Gasteiger partial charge in [-0.1, -0.05) is 18.2 Å². The van der Waals surface area contributed by atoms with E-state index in [1.165, 1.54) is 13.2 Å². The quantitative estimate of drug-likeness (QED) is 0.673. The maximum absolute atomic E-state index is 11.1. The Hall–Kier alpha value is -0.630. The maximum Gasteiger partial charge on any atom is 0.359 e. The van der Waals surface area contributed by atoms with E-state index in [1.54, 1.807) is 18.2 Å². The van der Waals surface area contributed by atoms with E-state index in [-0.39, 0.29) is 5.30 Å². The van der Waals surface area contributed by atoms with Crippen LogP contribution in [0.5, 0.6) is 0 Å². The van der Waals surface area contributed by atoms with Crippen LogP contribution in [0.4, 0.5) is 0 Å². The molecule has 0 spiro atoms. The zero-order valence-electron chi connectivity index (χ0n) is 6.02. The molecular weight excluding hydrogens is 163 g/mol. The fourth-order valence-electron chi connectivity index (χ4n) is 0.658. The van der Waals surface area contributed by atoms with Crippen molar-refractivity contribution in [3.8, 4) is 0 Å². The minimum Gasteiger partial charge on any atom is -0.321 e. The predicted octanol–water partition coefficient (Wildman–Crippen LogP) is 0.944. The molecule has 1 atom stereocenters. The van der Waals surface area contributed by atoms with E-state index in [0.717, 1.165) is 0 Å². The second-order valence-corrected chi connectivity index (χ2v) is 3.84. The van der Waals surface area contributed by atoms with E-state index in [0.29, 0.717) is 0 Å². The van der Waals surface area contributed by atoms with Crippen molar-refractivity contribution in [2.45, 2.75) is 0 Å². The zero-order valence-corrected chi connectivity index (χ0v) is 6.91. The van der Waals surface area contributed by atoms with Crippen LogP contribution in [0.3, 0.4) is 0 Å². The summed E-state index contributed by atoms with van der Waals surface area (Å²) in [5.74, 6) is 0. The minimum absolute atomic E-state index is 0.197. The van der Waals surface area contributed by atoms with Crippen LogP contribution in [0.15, 0.2) is 24.3 Å². The molecule has 11 heavy (non-hydrogen) atoms. The monoisotopic (exact) mass is 171 g/mol. The zero-order chi connectivity index (χ0) is 8.32. The van der Waals surface area contributed by atoms with Crippen molar-refractivity contribution < 1.29 is 14.0 Å². The van der Waals surface area contributed by atoms with Gasteiger partial charge in [-0.05, 0) is 12.1 Å². The highest BCUT2D eigenvalue weighted by molar-refractivity contribution is 7.61. The molecule has 0 bridgehead atoms.